The monoisotopic (exact) mass is 436 g/mol. The quantitative estimate of drug-likeness (QED) is 0.727. The number of piperidine rings is 1. The standard InChI is InChI=1S/C23H28N6O3/c1-16-13-18(15-24-14-16)19-7-12-32-29(19)22(31)17-5-10-27(11-6-17)23-25-8-4-20(26-23)28-9-2-3-21(28)30/h4,8,13-15,17,19H,2-3,5-7,9-12H2,1H3/t19-/m0/s1. The van der Waals surface area contributed by atoms with Crippen LogP contribution in [0.2, 0.25) is 0 Å². The summed E-state index contributed by atoms with van der Waals surface area (Å²) in [6, 6.07) is 3.78. The Kier molecular flexibility index (Phi) is 5.73. The molecule has 0 aliphatic carbocycles. The first-order chi connectivity index (χ1) is 15.6. The van der Waals surface area contributed by atoms with E-state index in [1.165, 1.54) is 0 Å². The number of hydrogen-bond donors (Lipinski definition) is 0. The zero-order valence-corrected chi connectivity index (χ0v) is 18.3. The molecule has 32 heavy (non-hydrogen) atoms. The Bertz CT molecular complexity index is 1010. The van der Waals surface area contributed by atoms with E-state index >= 15 is 0 Å². The number of rotatable bonds is 4. The molecule has 3 aliphatic heterocycles. The number of carbonyl (C=O) groups is 2. The summed E-state index contributed by atoms with van der Waals surface area (Å²) >= 11 is 0. The van der Waals surface area contributed by atoms with Crippen molar-refractivity contribution in [3.05, 3.63) is 41.9 Å². The molecule has 2 amide bonds. The first kappa shape index (κ1) is 20.8. The van der Waals surface area contributed by atoms with Crippen LogP contribution in [0.3, 0.4) is 0 Å². The first-order valence-electron chi connectivity index (χ1n) is 11.4. The predicted octanol–water partition coefficient (Wildman–Crippen LogP) is 2.43. The molecule has 168 valence electrons. The molecular formula is C23H28N6O3. The van der Waals surface area contributed by atoms with Gasteiger partial charge in [-0.3, -0.25) is 24.3 Å². The highest BCUT2D eigenvalue weighted by Crippen LogP contribution is 2.34. The summed E-state index contributed by atoms with van der Waals surface area (Å²) in [6.07, 6.45) is 9.00. The van der Waals surface area contributed by atoms with Crippen LogP contribution in [0.15, 0.2) is 30.7 Å². The van der Waals surface area contributed by atoms with Gasteiger partial charge in [-0.15, -0.1) is 0 Å². The molecule has 0 aromatic carbocycles. The van der Waals surface area contributed by atoms with Gasteiger partial charge in [0.2, 0.25) is 17.8 Å². The molecule has 3 fully saturated rings. The first-order valence-corrected chi connectivity index (χ1v) is 11.4. The summed E-state index contributed by atoms with van der Waals surface area (Å²) in [5, 5.41) is 1.58. The molecule has 5 heterocycles. The van der Waals surface area contributed by atoms with Crippen molar-refractivity contribution in [2.75, 3.05) is 36.0 Å². The lowest BCUT2D eigenvalue weighted by Crippen LogP contribution is -2.42. The molecule has 9 nitrogen and oxygen atoms in total. The van der Waals surface area contributed by atoms with Crippen LogP contribution < -0.4 is 9.80 Å². The number of nitrogens with zero attached hydrogens (tertiary/aromatic N) is 6. The normalized spacial score (nSPS) is 22.1. The number of aromatic nitrogens is 3. The van der Waals surface area contributed by atoms with Crippen molar-refractivity contribution in [2.24, 2.45) is 5.92 Å². The lowest BCUT2D eigenvalue weighted by atomic mass is 9.95. The second-order valence-electron chi connectivity index (χ2n) is 8.72. The Hall–Kier alpha value is -3.07. The molecule has 0 unspecified atom stereocenters. The Morgan fingerprint density at radius 2 is 2.00 bits per heavy atom. The summed E-state index contributed by atoms with van der Waals surface area (Å²) in [5.41, 5.74) is 2.10. The summed E-state index contributed by atoms with van der Waals surface area (Å²) in [5.74, 6) is 1.35. The van der Waals surface area contributed by atoms with Gasteiger partial charge in [-0.2, -0.15) is 4.98 Å². The number of aryl methyl sites for hydroxylation is 1. The molecular weight excluding hydrogens is 408 g/mol. The van der Waals surface area contributed by atoms with Gasteiger partial charge in [-0.05, 0) is 43.4 Å². The van der Waals surface area contributed by atoms with Crippen molar-refractivity contribution in [2.45, 2.75) is 45.1 Å². The van der Waals surface area contributed by atoms with E-state index in [0.29, 0.717) is 57.3 Å². The number of carbonyl (C=O) groups excluding carboxylic acids is 2. The van der Waals surface area contributed by atoms with Crippen LogP contribution in [0.4, 0.5) is 11.8 Å². The van der Waals surface area contributed by atoms with Crippen LogP contribution in [0.5, 0.6) is 0 Å². The van der Waals surface area contributed by atoms with Crippen LogP contribution in [-0.4, -0.2) is 58.1 Å². The molecule has 0 spiro atoms. The van der Waals surface area contributed by atoms with E-state index in [1.807, 2.05) is 19.3 Å². The second kappa shape index (κ2) is 8.82. The maximum atomic E-state index is 13.3. The topological polar surface area (TPSA) is 91.8 Å². The fraction of sp³-hybridized carbons (Fsp3) is 0.522. The summed E-state index contributed by atoms with van der Waals surface area (Å²) < 4.78 is 0. The second-order valence-corrected chi connectivity index (χ2v) is 8.72. The van der Waals surface area contributed by atoms with Crippen molar-refractivity contribution in [3.63, 3.8) is 0 Å². The lowest BCUT2D eigenvalue weighted by Gasteiger charge is -2.34. The molecule has 5 rings (SSSR count). The maximum absolute atomic E-state index is 13.3. The van der Waals surface area contributed by atoms with Gasteiger partial charge in [0, 0.05) is 57.0 Å². The maximum Gasteiger partial charge on any atom is 0.249 e. The third-order valence-electron chi connectivity index (χ3n) is 6.51. The van der Waals surface area contributed by atoms with Gasteiger partial charge in [-0.25, -0.2) is 10.0 Å². The third-order valence-corrected chi connectivity index (χ3v) is 6.51. The van der Waals surface area contributed by atoms with E-state index in [2.05, 4.69) is 25.9 Å². The van der Waals surface area contributed by atoms with Crippen LogP contribution in [-0.2, 0) is 14.4 Å². The fourth-order valence-corrected chi connectivity index (χ4v) is 4.79. The molecule has 2 aromatic rings. The Labute approximate surface area is 187 Å². The molecule has 0 saturated carbocycles. The molecule has 3 saturated heterocycles. The van der Waals surface area contributed by atoms with Crippen molar-refractivity contribution < 1.29 is 14.4 Å². The molecule has 1 atom stereocenters. The minimum absolute atomic E-state index is 0.0472. The summed E-state index contributed by atoms with van der Waals surface area (Å²) in [7, 11) is 0. The van der Waals surface area contributed by atoms with Gasteiger partial charge in [0.15, 0.2) is 0 Å². The SMILES string of the molecule is Cc1cncc([C@@H]2CCON2C(=O)C2CCN(c3nccc(N4CCCC4=O)n3)CC2)c1. The zero-order valence-electron chi connectivity index (χ0n) is 18.3. The van der Waals surface area contributed by atoms with Gasteiger partial charge in [0.1, 0.15) is 5.82 Å². The third kappa shape index (κ3) is 4.04. The van der Waals surface area contributed by atoms with Gasteiger partial charge in [-0.1, -0.05) is 6.07 Å². The summed E-state index contributed by atoms with van der Waals surface area (Å²) in [6.45, 7) is 4.64. The fourth-order valence-electron chi connectivity index (χ4n) is 4.79. The van der Waals surface area contributed by atoms with Gasteiger partial charge >= 0.3 is 0 Å². The predicted molar refractivity (Wildman–Crippen MR) is 118 cm³/mol. The number of amides is 2. The van der Waals surface area contributed by atoms with Crippen molar-refractivity contribution in [1.82, 2.24) is 20.0 Å². The van der Waals surface area contributed by atoms with E-state index in [4.69, 9.17) is 4.84 Å². The van der Waals surface area contributed by atoms with E-state index in [1.54, 1.807) is 22.2 Å². The Morgan fingerprint density at radius 1 is 1.16 bits per heavy atom. The van der Waals surface area contributed by atoms with E-state index < -0.39 is 0 Å². The highest BCUT2D eigenvalue weighted by Gasteiger charge is 2.37. The van der Waals surface area contributed by atoms with Crippen LogP contribution in [0, 0.1) is 12.8 Å². The van der Waals surface area contributed by atoms with E-state index in [9.17, 15) is 9.59 Å². The summed E-state index contributed by atoms with van der Waals surface area (Å²) in [4.78, 5) is 48.2. The smallest absolute Gasteiger partial charge is 0.249 e. The van der Waals surface area contributed by atoms with E-state index in [-0.39, 0.29) is 23.8 Å². The number of pyridine rings is 1. The molecule has 0 radical (unpaired) electrons. The molecule has 0 bridgehead atoms. The van der Waals surface area contributed by atoms with E-state index in [0.717, 1.165) is 24.0 Å². The van der Waals surface area contributed by atoms with Crippen LogP contribution in [0.1, 0.15) is 49.3 Å². The average molecular weight is 437 g/mol. The number of hydrogen-bond acceptors (Lipinski definition) is 7. The minimum atomic E-state index is -0.0899. The molecule has 0 N–H and O–H groups in total. The lowest BCUT2D eigenvalue weighted by molar-refractivity contribution is -0.182. The van der Waals surface area contributed by atoms with Crippen LogP contribution in [0.25, 0.3) is 0 Å². The highest BCUT2D eigenvalue weighted by atomic mass is 16.7. The highest BCUT2D eigenvalue weighted by molar-refractivity contribution is 5.94. The zero-order chi connectivity index (χ0) is 22.1. The number of anilines is 2. The number of hydroxylamine groups is 2. The van der Waals surface area contributed by atoms with Crippen LogP contribution >= 0.6 is 0 Å². The van der Waals surface area contributed by atoms with Crippen molar-refractivity contribution in [1.29, 1.82) is 0 Å². The molecule has 9 heteroatoms. The van der Waals surface area contributed by atoms with Gasteiger partial charge in [0.25, 0.3) is 0 Å². The van der Waals surface area contributed by atoms with Gasteiger partial charge < -0.3 is 4.90 Å². The van der Waals surface area contributed by atoms with Gasteiger partial charge in [0.05, 0.1) is 12.6 Å². The Balaban J connectivity index is 1.23. The molecule has 2 aromatic heterocycles. The molecule has 3 aliphatic rings. The minimum Gasteiger partial charge on any atom is -0.341 e. The largest absolute Gasteiger partial charge is 0.341 e. The Morgan fingerprint density at radius 3 is 2.75 bits per heavy atom. The van der Waals surface area contributed by atoms with Crippen molar-refractivity contribution in [3.8, 4) is 0 Å². The average Bonchev–Trinajstić information content (AvgIpc) is 3.48. The van der Waals surface area contributed by atoms with Crippen molar-refractivity contribution >= 4 is 23.6 Å².